The van der Waals surface area contributed by atoms with E-state index in [0.29, 0.717) is 82.7 Å². The van der Waals surface area contributed by atoms with Crippen molar-refractivity contribution in [2.24, 2.45) is 98.6 Å². The van der Waals surface area contributed by atoms with Gasteiger partial charge in [-0.3, -0.25) is 13.2 Å². The zero-order valence-electron chi connectivity index (χ0n) is 70.6. The lowest BCUT2D eigenvalue weighted by molar-refractivity contribution is -0.199. The number of hydrogen-bond acceptors (Lipinski definition) is 9. The number of ether oxygens (including phenoxy) is 2. The average molecular weight is 1640 g/mol. The van der Waals surface area contributed by atoms with Crippen molar-refractivity contribution in [2.45, 2.75) is 327 Å². The van der Waals surface area contributed by atoms with Crippen LogP contribution in [-0.4, -0.2) is 36.8 Å². The molecule has 12 heteroatoms. The molecule has 8 nitrogen and oxygen atoms in total. The summed E-state index contributed by atoms with van der Waals surface area (Å²) >= 11 is 0.748. The lowest BCUT2D eigenvalue weighted by Crippen LogP contribution is -2.42. The number of rotatable bonds is 22. The lowest BCUT2D eigenvalue weighted by Gasteiger charge is -2.51. The molecule has 0 amide bonds. The van der Waals surface area contributed by atoms with Gasteiger partial charge in [0.2, 0.25) is 0 Å². The second-order valence-corrected chi connectivity index (χ2v) is 39.3. The van der Waals surface area contributed by atoms with Crippen molar-refractivity contribution in [1.29, 1.82) is 0 Å². The minimum absolute atomic E-state index is 0. The Hall–Kier alpha value is -5.50. The van der Waals surface area contributed by atoms with Crippen molar-refractivity contribution in [2.75, 3.05) is 26.6 Å². The molecule has 8 fully saturated rings. The molecular formula is C106H154F3NO7S. The normalized spacial score (nSPS) is 32.3. The van der Waals surface area contributed by atoms with Crippen LogP contribution in [-0.2, 0) is 73.9 Å². The first-order valence-electron chi connectivity index (χ1n) is 45.8. The Morgan fingerprint density at radius 2 is 0.695 bits per heavy atom. The van der Waals surface area contributed by atoms with Crippen molar-refractivity contribution in [1.82, 2.24) is 0 Å². The van der Waals surface area contributed by atoms with E-state index >= 15 is 0 Å². The molecule has 0 aliphatic heterocycles. The first kappa shape index (κ1) is 93.2. The number of alkyl halides is 3. The Kier molecular flexibility index (Phi) is 32.3. The number of halogens is 3. The maximum Gasteiger partial charge on any atom is 0.260 e. The summed E-state index contributed by atoms with van der Waals surface area (Å²) in [5.41, 5.74) is 21.1. The van der Waals surface area contributed by atoms with Crippen LogP contribution in [0.5, 0.6) is 23.0 Å². The summed E-state index contributed by atoms with van der Waals surface area (Å²) in [6, 6.07) is 39.6. The van der Waals surface area contributed by atoms with Gasteiger partial charge in [0.1, 0.15) is 36.2 Å². The minimum Gasteiger partial charge on any atom is -0.508 e. The highest BCUT2D eigenvalue weighted by Crippen LogP contribution is 2.69. The van der Waals surface area contributed by atoms with Crippen molar-refractivity contribution in [3.05, 3.63) is 187 Å². The highest BCUT2D eigenvalue weighted by atomic mass is 32.2. The fraction of sp³-hybridized carbons (Fsp3) is 0.660. The van der Waals surface area contributed by atoms with E-state index in [2.05, 4.69) is 168 Å². The van der Waals surface area contributed by atoms with Crippen molar-refractivity contribution < 1.29 is 46.4 Å². The molecule has 6 aromatic rings. The number of fused-ring (bicyclic) bond motifs is 20. The Morgan fingerprint density at radius 1 is 0.390 bits per heavy atom. The fourth-order valence-electron chi connectivity index (χ4n) is 28.5. The predicted molar refractivity (Wildman–Crippen MR) is 484 cm³/mol. The van der Waals surface area contributed by atoms with Gasteiger partial charge in [-0.05, 0) is 424 Å². The van der Waals surface area contributed by atoms with Gasteiger partial charge in [0, 0.05) is 6.61 Å². The van der Waals surface area contributed by atoms with Crippen LogP contribution in [0.15, 0.2) is 109 Å². The van der Waals surface area contributed by atoms with Crippen molar-refractivity contribution >= 4 is 12.3 Å². The van der Waals surface area contributed by atoms with Gasteiger partial charge in [-0.2, -0.15) is 5.90 Å². The van der Waals surface area contributed by atoms with Gasteiger partial charge in [0.15, 0.2) is 0 Å². The molecule has 18 rings (SSSR count). The minimum atomic E-state index is -0.163. The summed E-state index contributed by atoms with van der Waals surface area (Å²) in [5, 5.41) is 19.8. The molecule has 0 aromatic heterocycles. The maximum absolute atomic E-state index is 13.2. The van der Waals surface area contributed by atoms with E-state index in [9.17, 15) is 23.4 Å². The summed E-state index contributed by atoms with van der Waals surface area (Å²) < 4.78 is 62.2. The van der Waals surface area contributed by atoms with Crippen LogP contribution in [0.1, 0.15) is 341 Å². The summed E-state index contributed by atoms with van der Waals surface area (Å²) in [5.74, 6) is 19.9. The molecule has 0 radical (unpaired) electrons. The van der Waals surface area contributed by atoms with E-state index in [-0.39, 0.29) is 49.7 Å². The number of nitrogens with two attached hydrogens (primary N) is 1. The standard InChI is InChI=1S/C29H37FO.C29H38O2.C22H32FNO3S.C22H31FO.4CH4/c2*1-3-21-17-26-22(18-28(21)31-19-20-7-5-4-6-8-20)9-11-25-24(26)13-15-29(2)23(14-16-30)10-12-27(25)29;1-3-14-12-19-15(13-21(14)25-28-27-26-24)4-6-18-17(19)8-10-22(2)16(9-11-23)5-7-20(18)22;1-3-14-12-19-15(13-21(14)24)4-6-18-17(19)8-10-22(2)16(9-11-23)5-7-20(18)22;;;;/h4-8,17-18,23-25,27H,3,9-16,19H2,1-2H3;4-8,17-18,23-25,27,30H,3,9-16,19H2,1-2H3;12-13,16-18,20H,3-11,24H2,1-2H3;12-13,16-18,20,24H,3-11H2,1-2H3;4*1H4/t2*23-,24?,25?,27?,29-;2*16-,17?,18?,20?,22-;;;;/m1111..../s1. The van der Waals surface area contributed by atoms with Crippen LogP contribution in [0.4, 0.5) is 13.2 Å². The van der Waals surface area contributed by atoms with Gasteiger partial charge < -0.3 is 23.9 Å². The summed E-state index contributed by atoms with van der Waals surface area (Å²) in [7, 11) is 0. The Bertz CT molecular complexity index is 4040. The molecule has 118 heavy (non-hydrogen) atoms. The van der Waals surface area contributed by atoms with E-state index < -0.39 is 0 Å². The first-order chi connectivity index (χ1) is 55.5. The van der Waals surface area contributed by atoms with Crippen LogP contribution >= 0.6 is 12.3 Å². The second kappa shape index (κ2) is 40.9. The molecular weight excluding hydrogens is 1490 g/mol. The average Bonchev–Trinajstić information content (AvgIpc) is 1.45. The summed E-state index contributed by atoms with van der Waals surface area (Å²) in [6.45, 7) is 19.9. The molecule has 0 spiro atoms. The van der Waals surface area contributed by atoms with E-state index in [0.717, 1.165) is 159 Å². The highest BCUT2D eigenvalue weighted by molar-refractivity contribution is 7.90. The monoisotopic (exact) mass is 1640 g/mol. The first-order valence-corrected chi connectivity index (χ1v) is 46.4. The van der Waals surface area contributed by atoms with Gasteiger partial charge in [0.05, 0.1) is 20.0 Å². The Morgan fingerprint density at radius 3 is 1.01 bits per heavy atom. The molecule has 652 valence electrons. The van der Waals surface area contributed by atoms with Gasteiger partial charge in [-0.15, -0.1) is 9.32 Å². The molecule has 12 aliphatic carbocycles. The molecule has 0 heterocycles. The molecule has 20 atom stereocenters. The predicted octanol–water partition coefficient (Wildman–Crippen LogP) is 28.5. The lowest BCUT2D eigenvalue weighted by atomic mass is 9.54. The van der Waals surface area contributed by atoms with E-state index in [1.807, 2.05) is 6.07 Å². The third-order valence-corrected chi connectivity index (χ3v) is 34.8. The molecule has 0 bridgehead atoms. The molecule has 6 aromatic carbocycles. The number of phenolic OH excluding ortho intramolecular Hbond substituents is 1. The van der Waals surface area contributed by atoms with Gasteiger partial charge in [-0.25, -0.2) is 0 Å². The van der Waals surface area contributed by atoms with E-state index in [1.54, 1.807) is 11.1 Å². The molecule has 12 unspecified atom stereocenters. The quantitative estimate of drug-likeness (QED) is 0.0265. The number of aliphatic hydroxyl groups excluding tert-OH is 1. The second-order valence-electron chi connectivity index (χ2n) is 38.8. The highest BCUT2D eigenvalue weighted by Gasteiger charge is 2.59. The number of phenols is 1. The van der Waals surface area contributed by atoms with E-state index in [1.165, 1.54) is 202 Å². The summed E-state index contributed by atoms with van der Waals surface area (Å²) in [4.78, 5) is 4.11. The Balaban J connectivity index is 0.000000153. The number of benzene rings is 6. The zero-order valence-corrected chi connectivity index (χ0v) is 71.4. The molecule has 8 saturated carbocycles. The van der Waals surface area contributed by atoms with Crippen LogP contribution in [0, 0.1) is 92.7 Å². The van der Waals surface area contributed by atoms with Gasteiger partial charge in [0.25, 0.3) is 12.3 Å². The summed E-state index contributed by atoms with van der Waals surface area (Å²) in [6.07, 6.45) is 37.3. The number of aryl methyl sites for hydroxylation is 8. The molecule has 0 saturated heterocycles. The maximum atomic E-state index is 13.2. The van der Waals surface area contributed by atoms with Crippen molar-refractivity contribution in [3.63, 3.8) is 0 Å². The molecule has 12 aliphatic rings. The van der Waals surface area contributed by atoms with Crippen LogP contribution < -0.4 is 19.6 Å². The number of aromatic hydroxyl groups is 1. The zero-order chi connectivity index (χ0) is 79.5. The Labute approximate surface area is 717 Å². The number of hydrogen-bond donors (Lipinski definition) is 3. The third-order valence-electron chi connectivity index (χ3n) is 34.5. The third kappa shape index (κ3) is 18.2. The van der Waals surface area contributed by atoms with E-state index in [4.69, 9.17) is 19.6 Å². The molecule has 4 N–H and O–H groups in total. The topological polar surface area (TPSA) is 113 Å². The smallest absolute Gasteiger partial charge is 0.260 e. The van der Waals surface area contributed by atoms with Crippen LogP contribution in [0.2, 0.25) is 0 Å². The van der Waals surface area contributed by atoms with Crippen LogP contribution in [0.3, 0.4) is 0 Å². The van der Waals surface area contributed by atoms with Crippen molar-refractivity contribution in [3.8, 4) is 23.0 Å². The number of aliphatic hydroxyl groups is 1. The van der Waals surface area contributed by atoms with Gasteiger partial charge in [-0.1, -0.05) is 170 Å². The fourth-order valence-corrected chi connectivity index (χ4v) is 28.8. The van der Waals surface area contributed by atoms with Crippen LogP contribution in [0.25, 0.3) is 0 Å². The van der Waals surface area contributed by atoms with Gasteiger partial charge >= 0.3 is 0 Å². The SMILES string of the molecule is C.C.C.C.CCc1cc2c(cc1O)CCC1C2CC[C@@]2(C)C1CC[C@@H]2CCF.CCc1cc2c(cc1OCc1ccccc1)CCC1C2CC[C@@]2(C)C1CC[C@@H]2CCF.CCc1cc2c(cc1OCc1ccccc1)CCC1C2CC[C@@]2(C)C1CC[C@@H]2CCO.CCc1cc2c(cc1OSOON)CCC1C2CC[C@@]2(C)C1CC[C@@H]2CCF. The largest absolute Gasteiger partial charge is 0.508 e.